The van der Waals surface area contributed by atoms with Crippen LogP contribution in [0.5, 0.6) is 0 Å². The summed E-state index contributed by atoms with van der Waals surface area (Å²) >= 11 is 0. The standard InChI is InChI=1S/C13H24N2O3/c1-10-8-15(9-11(2)18-10)6-5-14-13(16)12-4-3-7-17-12/h10-12H,3-9H2,1-2H3,(H,14,16)/t10-,11+,12-/m1/s1. The predicted molar refractivity (Wildman–Crippen MR) is 68.4 cm³/mol. The molecule has 2 fully saturated rings. The minimum absolute atomic E-state index is 0.0434. The number of hydrogen-bond acceptors (Lipinski definition) is 4. The van der Waals surface area contributed by atoms with Gasteiger partial charge in [0.15, 0.2) is 0 Å². The van der Waals surface area contributed by atoms with Gasteiger partial charge in [0.2, 0.25) is 5.91 Å². The van der Waals surface area contributed by atoms with Crippen LogP contribution in [0.25, 0.3) is 0 Å². The molecule has 2 aliphatic heterocycles. The second-order valence-electron chi connectivity index (χ2n) is 5.31. The largest absolute Gasteiger partial charge is 0.373 e. The van der Waals surface area contributed by atoms with Crippen LogP contribution < -0.4 is 5.32 Å². The molecule has 104 valence electrons. The minimum atomic E-state index is -0.215. The van der Waals surface area contributed by atoms with E-state index in [1.807, 2.05) is 0 Å². The fourth-order valence-corrected chi connectivity index (χ4v) is 2.70. The Morgan fingerprint density at radius 3 is 2.67 bits per heavy atom. The Balaban J connectivity index is 1.63. The summed E-state index contributed by atoms with van der Waals surface area (Å²) in [5, 5.41) is 2.96. The van der Waals surface area contributed by atoms with Crippen LogP contribution in [0.4, 0.5) is 0 Å². The first-order valence-electron chi connectivity index (χ1n) is 6.92. The lowest BCUT2D eigenvalue weighted by atomic mass is 10.2. The zero-order valence-electron chi connectivity index (χ0n) is 11.4. The van der Waals surface area contributed by atoms with E-state index in [1.165, 1.54) is 0 Å². The lowest BCUT2D eigenvalue weighted by Gasteiger charge is -2.35. The third kappa shape index (κ3) is 3.93. The van der Waals surface area contributed by atoms with Crippen LogP contribution >= 0.6 is 0 Å². The quantitative estimate of drug-likeness (QED) is 0.790. The van der Waals surface area contributed by atoms with E-state index in [9.17, 15) is 4.79 Å². The summed E-state index contributed by atoms with van der Waals surface area (Å²) in [6, 6.07) is 0. The van der Waals surface area contributed by atoms with Crippen molar-refractivity contribution in [3.63, 3.8) is 0 Å². The van der Waals surface area contributed by atoms with Crippen molar-refractivity contribution in [2.24, 2.45) is 0 Å². The van der Waals surface area contributed by atoms with E-state index in [4.69, 9.17) is 9.47 Å². The normalized spacial score (nSPS) is 33.6. The van der Waals surface area contributed by atoms with Crippen molar-refractivity contribution in [1.82, 2.24) is 10.2 Å². The summed E-state index contributed by atoms with van der Waals surface area (Å²) in [6.45, 7) is 8.37. The van der Waals surface area contributed by atoms with Gasteiger partial charge in [0.05, 0.1) is 12.2 Å². The van der Waals surface area contributed by atoms with Crippen molar-refractivity contribution in [3.05, 3.63) is 0 Å². The lowest BCUT2D eigenvalue weighted by Crippen LogP contribution is -2.48. The van der Waals surface area contributed by atoms with Gasteiger partial charge in [0.1, 0.15) is 6.10 Å². The molecule has 2 rings (SSSR count). The van der Waals surface area contributed by atoms with Gasteiger partial charge in [-0.2, -0.15) is 0 Å². The Morgan fingerprint density at radius 2 is 2.06 bits per heavy atom. The van der Waals surface area contributed by atoms with E-state index in [-0.39, 0.29) is 24.2 Å². The van der Waals surface area contributed by atoms with E-state index in [2.05, 4.69) is 24.1 Å². The molecule has 2 heterocycles. The Bertz CT molecular complexity index is 269. The van der Waals surface area contributed by atoms with Gasteiger partial charge < -0.3 is 14.8 Å². The number of nitrogens with zero attached hydrogens (tertiary/aromatic N) is 1. The Hall–Kier alpha value is -0.650. The van der Waals surface area contributed by atoms with Crippen molar-refractivity contribution < 1.29 is 14.3 Å². The van der Waals surface area contributed by atoms with Gasteiger partial charge in [0, 0.05) is 32.8 Å². The molecule has 0 spiro atoms. The average molecular weight is 256 g/mol. The van der Waals surface area contributed by atoms with E-state index < -0.39 is 0 Å². The first-order chi connectivity index (χ1) is 8.65. The first-order valence-corrected chi connectivity index (χ1v) is 6.92. The number of ether oxygens (including phenoxy) is 2. The maximum Gasteiger partial charge on any atom is 0.249 e. The number of nitrogens with one attached hydrogen (secondary N) is 1. The summed E-state index contributed by atoms with van der Waals surface area (Å²) in [7, 11) is 0. The molecule has 0 aromatic heterocycles. The molecular weight excluding hydrogens is 232 g/mol. The molecule has 2 saturated heterocycles. The molecule has 3 atom stereocenters. The fraction of sp³-hybridized carbons (Fsp3) is 0.923. The maximum absolute atomic E-state index is 11.7. The fourth-order valence-electron chi connectivity index (χ4n) is 2.70. The van der Waals surface area contributed by atoms with Gasteiger partial charge in [-0.15, -0.1) is 0 Å². The van der Waals surface area contributed by atoms with Gasteiger partial charge in [-0.05, 0) is 26.7 Å². The topological polar surface area (TPSA) is 50.8 Å². The van der Waals surface area contributed by atoms with E-state index in [0.29, 0.717) is 6.54 Å². The summed E-state index contributed by atoms with van der Waals surface area (Å²) in [6.07, 6.45) is 2.20. The smallest absolute Gasteiger partial charge is 0.249 e. The highest BCUT2D eigenvalue weighted by molar-refractivity contribution is 5.80. The van der Waals surface area contributed by atoms with Crippen molar-refractivity contribution in [2.75, 3.05) is 32.8 Å². The van der Waals surface area contributed by atoms with E-state index in [0.717, 1.165) is 39.1 Å². The minimum Gasteiger partial charge on any atom is -0.373 e. The van der Waals surface area contributed by atoms with E-state index >= 15 is 0 Å². The summed E-state index contributed by atoms with van der Waals surface area (Å²) in [4.78, 5) is 14.1. The average Bonchev–Trinajstić information content (AvgIpc) is 2.80. The third-order valence-corrected chi connectivity index (χ3v) is 3.44. The zero-order chi connectivity index (χ0) is 13.0. The van der Waals surface area contributed by atoms with Crippen LogP contribution in [0.3, 0.4) is 0 Å². The maximum atomic E-state index is 11.7. The summed E-state index contributed by atoms with van der Waals surface area (Å²) < 4.78 is 11.0. The highest BCUT2D eigenvalue weighted by Gasteiger charge is 2.24. The molecule has 0 saturated carbocycles. The molecule has 5 nitrogen and oxygen atoms in total. The monoisotopic (exact) mass is 256 g/mol. The lowest BCUT2D eigenvalue weighted by molar-refractivity contribution is -0.130. The number of carbonyl (C=O) groups is 1. The van der Waals surface area contributed by atoms with Crippen LogP contribution in [0, 0.1) is 0 Å². The first kappa shape index (κ1) is 13.8. The van der Waals surface area contributed by atoms with Gasteiger partial charge >= 0.3 is 0 Å². The zero-order valence-corrected chi connectivity index (χ0v) is 11.4. The predicted octanol–water partition coefficient (Wildman–Crippen LogP) is 0.391. The third-order valence-electron chi connectivity index (χ3n) is 3.44. The molecule has 0 aromatic rings. The summed E-state index contributed by atoms with van der Waals surface area (Å²) in [5.41, 5.74) is 0. The molecule has 0 bridgehead atoms. The Labute approximate surface area is 109 Å². The summed E-state index contributed by atoms with van der Waals surface area (Å²) in [5.74, 6) is 0.0434. The van der Waals surface area contributed by atoms with Crippen LogP contribution in [0.1, 0.15) is 26.7 Å². The van der Waals surface area contributed by atoms with Crippen molar-refractivity contribution >= 4 is 5.91 Å². The molecule has 18 heavy (non-hydrogen) atoms. The van der Waals surface area contributed by atoms with Gasteiger partial charge in [-0.25, -0.2) is 0 Å². The molecule has 0 aliphatic carbocycles. The van der Waals surface area contributed by atoms with Crippen LogP contribution in [0.15, 0.2) is 0 Å². The second-order valence-corrected chi connectivity index (χ2v) is 5.31. The van der Waals surface area contributed by atoms with Crippen LogP contribution in [0.2, 0.25) is 0 Å². The SMILES string of the molecule is C[C@@H]1CN(CCNC(=O)[C@H]2CCCO2)C[C@H](C)O1. The van der Waals surface area contributed by atoms with Crippen molar-refractivity contribution in [3.8, 4) is 0 Å². The van der Waals surface area contributed by atoms with Crippen molar-refractivity contribution in [1.29, 1.82) is 0 Å². The van der Waals surface area contributed by atoms with Gasteiger partial charge in [-0.3, -0.25) is 9.69 Å². The van der Waals surface area contributed by atoms with Gasteiger partial charge in [-0.1, -0.05) is 0 Å². The molecule has 0 aromatic carbocycles. The molecule has 5 heteroatoms. The van der Waals surface area contributed by atoms with Crippen LogP contribution in [-0.4, -0.2) is 61.9 Å². The molecule has 1 N–H and O–H groups in total. The number of hydrogen-bond donors (Lipinski definition) is 1. The molecule has 0 radical (unpaired) electrons. The molecule has 2 aliphatic rings. The van der Waals surface area contributed by atoms with Crippen molar-refractivity contribution in [2.45, 2.75) is 45.0 Å². The highest BCUT2D eigenvalue weighted by atomic mass is 16.5. The Morgan fingerprint density at radius 1 is 1.33 bits per heavy atom. The number of amides is 1. The second kappa shape index (κ2) is 6.50. The number of rotatable bonds is 4. The Kier molecular flexibility index (Phi) is 4.97. The number of morpholine rings is 1. The molecule has 0 unspecified atom stereocenters. The highest BCUT2D eigenvalue weighted by Crippen LogP contribution is 2.12. The van der Waals surface area contributed by atoms with Gasteiger partial charge in [0.25, 0.3) is 0 Å². The molecular formula is C13H24N2O3. The van der Waals surface area contributed by atoms with E-state index in [1.54, 1.807) is 0 Å². The van der Waals surface area contributed by atoms with Crippen LogP contribution in [-0.2, 0) is 14.3 Å². The number of carbonyl (C=O) groups excluding carboxylic acids is 1. The molecule has 1 amide bonds.